The van der Waals surface area contributed by atoms with Gasteiger partial charge in [-0.2, -0.15) is 0 Å². The minimum Gasteiger partial charge on any atom is -0.462 e. The second kappa shape index (κ2) is 5.05. The van der Waals surface area contributed by atoms with Crippen molar-refractivity contribution in [3.63, 3.8) is 0 Å². The summed E-state index contributed by atoms with van der Waals surface area (Å²) in [5, 5.41) is 0. The molecule has 1 fully saturated rings. The van der Waals surface area contributed by atoms with Crippen LogP contribution in [0.2, 0.25) is 0 Å². The standard InChI is InChI=1S/C9H16O2/c1-2-3-4-5-6-9-10-7-8-11-9/h6H,2-5,7-8H2,1H3. The topological polar surface area (TPSA) is 18.5 Å². The van der Waals surface area contributed by atoms with Crippen LogP contribution in [0.25, 0.3) is 0 Å². The summed E-state index contributed by atoms with van der Waals surface area (Å²) in [4.78, 5) is 0. The summed E-state index contributed by atoms with van der Waals surface area (Å²) in [6.07, 6.45) is 6.94. The Morgan fingerprint density at radius 2 is 2.00 bits per heavy atom. The molecule has 0 radical (unpaired) electrons. The third-order valence-corrected chi connectivity index (χ3v) is 1.69. The highest BCUT2D eigenvalue weighted by molar-refractivity contribution is 4.86. The third-order valence-electron chi connectivity index (χ3n) is 1.69. The van der Waals surface area contributed by atoms with E-state index in [0.29, 0.717) is 0 Å². The fraction of sp³-hybridized carbons (Fsp3) is 0.778. The quantitative estimate of drug-likeness (QED) is 0.582. The lowest BCUT2D eigenvalue weighted by Crippen LogP contribution is -1.80. The monoisotopic (exact) mass is 156 g/mol. The van der Waals surface area contributed by atoms with Gasteiger partial charge in [0.15, 0.2) is 0 Å². The Labute approximate surface area is 68.2 Å². The molecule has 0 atom stereocenters. The molecule has 0 aromatic rings. The molecule has 0 aliphatic carbocycles. The minimum absolute atomic E-state index is 0.722. The van der Waals surface area contributed by atoms with Gasteiger partial charge in [0.2, 0.25) is 0 Å². The molecule has 0 amide bonds. The lowest BCUT2D eigenvalue weighted by molar-refractivity contribution is 0.174. The highest BCUT2D eigenvalue weighted by Crippen LogP contribution is 2.10. The molecule has 2 nitrogen and oxygen atoms in total. The van der Waals surface area contributed by atoms with Crippen molar-refractivity contribution in [2.45, 2.75) is 32.6 Å². The molecule has 11 heavy (non-hydrogen) atoms. The molecule has 64 valence electrons. The van der Waals surface area contributed by atoms with Crippen LogP contribution in [0, 0.1) is 0 Å². The van der Waals surface area contributed by atoms with Crippen LogP contribution in [0.5, 0.6) is 0 Å². The molecule has 0 saturated carbocycles. The van der Waals surface area contributed by atoms with Crippen LogP contribution in [0.1, 0.15) is 32.6 Å². The summed E-state index contributed by atoms with van der Waals surface area (Å²) >= 11 is 0. The zero-order chi connectivity index (χ0) is 7.94. The maximum atomic E-state index is 5.17. The van der Waals surface area contributed by atoms with Crippen molar-refractivity contribution in [2.75, 3.05) is 13.2 Å². The first-order chi connectivity index (χ1) is 5.43. The summed E-state index contributed by atoms with van der Waals surface area (Å²) in [6, 6.07) is 0. The molecule has 2 heteroatoms. The molecule has 1 rings (SSSR count). The Bertz CT molecular complexity index is 122. The SMILES string of the molecule is CCCCCC=C1OCCO1. The van der Waals surface area contributed by atoms with Crippen molar-refractivity contribution in [3.05, 3.63) is 12.0 Å². The van der Waals surface area contributed by atoms with Gasteiger partial charge in [0.25, 0.3) is 5.95 Å². The maximum Gasteiger partial charge on any atom is 0.275 e. The predicted molar refractivity (Wildman–Crippen MR) is 44.1 cm³/mol. The zero-order valence-electron chi connectivity index (χ0n) is 7.14. The van der Waals surface area contributed by atoms with Crippen molar-refractivity contribution < 1.29 is 9.47 Å². The highest BCUT2D eigenvalue weighted by Gasteiger charge is 2.05. The molecule has 0 N–H and O–H groups in total. The van der Waals surface area contributed by atoms with E-state index in [1.165, 1.54) is 19.3 Å². The number of hydrogen-bond acceptors (Lipinski definition) is 2. The second-order valence-electron chi connectivity index (χ2n) is 2.72. The van der Waals surface area contributed by atoms with E-state index >= 15 is 0 Å². The van der Waals surface area contributed by atoms with Gasteiger partial charge in [0.05, 0.1) is 0 Å². The summed E-state index contributed by atoms with van der Waals surface area (Å²) in [5.74, 6) is 0.737. The van der Waals surface area contributed by atoms with Crippen LogP contribution in [0.3, 0.4) is 0 Å². The van der Waals surface area contributed by atoms with Gasteiger partial charge >= 0.3 is 0 Å². The average Bonchev–Trinajstić information content (AvgIpc) is 2.50. The van der Waals surface area contributed by atoms with Gasteiger partial charge in [0, 0.05) is 0 Å². The molecule has 1 aliphatic rings. The number of ether oxygens (including phenoxy) is 2. The van der Waals surface area contributed by atoms with Crippen LogP contribution in [0.15, 0.2) is 12.0 Å². The Balaban J connectivity index is 2.03. The van der Waals surface area contributed by atoms with Crippen LogP contribution in [-0.2, 0) is 9.47 Å². The van der Waals surface area contributed by atoms with Crippen LogP contribution < -0.4 is 0 Å². The molecular formula is C9H16O2. The van der Waals surface area contributed by atoms with E-state index in [1.54, 1.807) is 0 Å². The van der Waals surface area contributed by atoms with E-state index < -0.39 is 0 Å². The molecule has 0 aromatic heterocycles. The number of allylic oxidation sites excluding steroid dienone is 1. The van der Waals surface area contributed by atoms with E-state index in [0.717, 1.165) is 25.6 Å². The summed E-state index contributed by atoms with van der Waals surface area (Å²) < 4.78 is 10.3. The van der Waals surface area contributed by atoms with Gasteiger partial charge in [-0.15, -0.1) is 0 Å². The number of unbranched alkanes of at least 4 members (excludes halogenated alkanes) is 3. The summed E-state index contributed by atoms with van der Waals surface area (Å²) in [5.41, 5.74) is 0. The van der Waals surface area contributed by atoms with E-state index in [4.69, 9.17) is 9.47 Å². The van der Waals surface area contributed by atoms with Crippen molar-refractivity contribution in [1.29, 1.82) is 0 Å². The lowest BCUT2D eigenvalue weighted by Gasteiger charge is -1.96. The first-order valence-electron chi connectivity index (χ1n) is 4.39. The lowest BCUT2D eigenvalue weighted by atomic mass is 10.2. The molecule has 0 aromatic carbocycles. The van der Waals surface area contributed by atoms with E-state index in [9.17, 15) is 0 Å². The number of rotatable bonds is 4. The van der Waals surface area contributed by atoms with Gasteiger partial charge in [-0.25, -0.2) is 0 Å². The Kier molecular flexibility index (Phi) is 3.87. The van der Waals surface area contributed by atoms with Crippen LogP contribution in [-0.4, -0.2) is 13.2 Å². The molecular weight excluding hydrogens is 140 g/mol. The summed E-state index contributed by atoms with van der Waals surface area (Å²) in [6.45, 7) is 3.65. The fourth-order valence-electron chi connectivity index (χ4n) is 1.06. The first kappa shape index (κ1) is 8.44. The molecule has 1 aliphatic heterocycles. The Morgan fingerprint density at radius 3 is 2.64 bits per heavy atom. The van der Waals surface area contributed by atoms with Gasteiger partial charge in [-0.1, -0.05) is 19.8 Å². The van der Waals surface area contributed by atoms with Crippen molar-refractivity contribution in [1.82, 2.24) is 0 Å². The van der Waals surface area contributed by atoms with E-state index in [1.807, 2.05) is 6.08 Å². The smallest absolute Gasteiger partial charge is 0.275 e. The third kappa shape index (κ3) is 3.30. The molecule has 0 spiro atoms. The molecule has 0 bridgehead atoms. The van der Waals surface area contributed by atoms with Crippen molar-refractivity contribution >= 4 is 0 Å². The van der Waals surface area contributed by atoms with Gasteiger partial charge in [-0.05, 0) is 18.9 Å². The van der Waals surface area contributed by atoms with Gasteiger partial charge in [-0.3, -0.25) is 0 Å². The van der Waals surface area contributed by atoms with Crippen molar-refractivity contribution in [3.8, 4) is 0 Å². The summed E-state index contributed by atoms with van der Waals surface area (Å²) in [7, 11) is 0. The fourth-order valence-corrected chi connectivity index (χ4v) is 1.06. The van der Waals surface area contributed by atoms with Crippen LogP contribution >= 0.6 is 0 Å². The van der Waals surface area contributed by atoms with Gasteiger partial charge in [0.1, 0.15) is 13.2 Å². The van der Waals surface area contributed by atoms with E-state index in [2.05, 4.69) is 6.92 Å². The van der Waals surface area contributed by atoms with Crippen LogP contribution in [0.4, 0.5) is 0 Å². The van der Waals surface area contributed by atoms with E-state index in [-0.39, 0.29) is 0 Å². The number of hydrogen-bond donors (Lipinski definition) is 0. The largest absolute Gasteiger partial charge is 0.462 e. The Hall–Kier alpha value is -0.660. The molecule has 0 unspecified atom stereocenters. The maximum absolute atomic E-state index is 5.17. The minimum atomic E-state index is 0.722. The normalized spacial score (nSPS) is 15.9. The zero-order valence-corrected chi connectivity index (χ0v) is 7.14. The highest BCUT2D eigenvalue weighted by atomic mass is 16.7. The second-order valence-corrected chi connectivity index (χ2v) is 2.72. The van der Waals surface area contributed by atoms with Crippen molar-refractivity contribution in [2.24, 2.45) is 0 Å². The molecule has 1 heterocycles. The Morgan fingerprint density at radius 1 is 1.27 bits per heavy atom. The average molecular weight is 156 g/mol. The first-order valence-corrected chi connectivity index (χ1v) is 4.39. The van der Waals surface area contributed by atoms with Gasteiger partial charge < -0.3 is 9.47 Å². The predicted octanol–water partition coefficient (Wildman–Crippen LogP) is 2.45. The molecule has 1 saturated heterocycles.